The summed E-state index contributed by atoms with van der Waals surface area (Å²) in [6.07, 6.45) is 6.49. The molecule has 2 aliphatic rings. The van der Waals surface area contributed by atoms with Gasteiger partial charge in [0.05, 0.1) is 17.2 Å². The first-order valence-corrected chi connectivity index (χ1v) is 13.5. The summed E-state index contributed by atoms with van der Waals surface area (Å²) in [5.41, 5.74) is 4.14. The maximum atomic E-state index is 9.70. The zero-order chi connectivity index (χ0) is 23.2. The van der Waals surface area contributed by atoms with E-state index < -0.39 is 0 Å². The van der Waals surface area contributed by atoms with Gasteiger partial charge in [-0.25, -0.2) is 5.84 Å². The molecule has 0 aliphatic carbocycles. The molecule has 3 N–H and O–H groups in total. The molecule has 0 amide bonds. The first kappa shape index (κ1) is 24.7. The Morgan fingerprint density at radius 2 is 1.97 bits per heavy atom. The second-order valence-corrected chi connectivity index (χ2v) is 10.7. The third-order valence-corrected chi connectivity index (χ3v) is 8.32. The standard InChI is InChI=1S/C25H35N3O3S2/c1-3-18-5-9-23-20(15-18)6-7-21(4-2)27(23)32-22-8-10-24(25(16-22)33-28(26)29)31-17-19-11-13-30-14-12-19/h5,8-10,15-16,19,21,29H,3-4,6-7,11-14,17,26H2,1-2H3. The van der Waals surface area contributed by atoms with Crippen molar-refractivity contribution in [1.29, 1.82) is 0 Å². The van der Waals surface area contributed by atoms with E-state index in [0.717, 1.165) is 79.2 Å². The Morgan fingerprint density at radius 1 is 1.15 bits per heavy atom. The predicted molar refractivity (Wildman–Crippen MR) is 136 cm³/mol. The van der Waals surface area contributed by atoms with Gasteiger partial charge in [0.2, 0.25) is 0 Å². The SMILES string of the molecule is CCc1ccc2c(c1)CCC(CC)N2Sc1ccc(OCC2CCOCC2)c(SN(N)O)c1. The molecule has 2 aliphatic heterocycles. The summed E-state index contributed by atoms with van der Waals surface area (Å²) in [5, 5.41) is 9.70. The topological polar surface area (TPSA) is 71.2 Å². The third kappa shape index (κ3) is 6.38. The van der Waals surface area contributed by atoms with E-state index in [1.54, 1.807) is 11.9 Å². The Kier molecular flexibility index (Phi) is 8.85. The fourth-order valence-electron chi connectivity index (χ4n) is 4.47. The van der Waals surface area contributed by atoms with Gasteiger partial charge in [0.15, 0.2) is 0 Å². The highest BCUT2D eigenvalue weighted by atomic mass is 32.2. The number of benzene rings is 2. The lowest BCUT2D eigenvalue weighted by Crippen LogP contribution is -2.33. The van der Waals surface area contributed by atoms with E-state index in [1.165, 1.54) is 16.8 Å². The van der Waals surface area contributed by atoms with Crippen LogP contribution in [0.4, 0.5) is 5.69 Å². The Morgan fingerprint density at radius 3 is 2.70 bits per heavy atom. The normalized spacial score (nSPS) is 19.1. The number of aryl methyl sites for hydroxylation is 2. The maximum absolute atomic E-state index is 9.70. The van der Waals surface area contributed by atoms with Crippen LogP contribution in [-0.4, -0.2) is 35.6 Å². The van der Waals surface area contributed by atoms with E-state index in [2.05, 4.69) is 48.5 Å². The van der Waals surface area contributed by atoms with Crippen LogP contribution in [0.1, 0.15) is 50.7 Å². The van der Waals surface area contributed by atoms with Gasteiger partial charge in [0.25, 0.3) is 0 Å². The van der Waals surface area contributed by atoms with E-state index in [4.69, 9.17) is 15.3 Å². The van der Waals surface area contributed by atoms with Gasteiger partial charge < -0.3 is 13.8 Å². The van der Waals surface area contributed by atoms with Crippen molar-refractivity contribution in [3.63, 3.8) is 0 Å². The first-order valence-electron chi connectivity index (χ1n) is 11.9. The molecule has 1 atom stereocenters. The van der Waals surface area contributed by atoms with Gasteiger partial charge >= 0.3 is 0 Å². The molecule has 0 spiro atoms. The number of rotatable bonds is 9. The summed E-state index contributed by atoms with van der Waals surface area (Å²) < 4.78 is 14.7. The number of hydrazine groups is 1. The molecule has 0 aromatic heterocycles. The van der Waals surface area contributed by atoms with Crippen molar-refractivity contribution < 1.29 is 14.7 Å². The molecule has 0 saturated carbocycles. The molecular weight excluding hydrogens is 454 g/mol. The highest BCUT2D eigenvalue weighted by Gasteiger charge is 2.27. The Balaban J connectivity index is 1.54. The molecule has 2 aromatic rings. The van der Waals surface area contributed by atoms with Gasteiger partial charge in [-0.1, -0.05) is 30.6 Å². The molecule has 1 unspecified atom stereocenters. The molecular formula is C25H35N3O3S2. The largest absolute Gasteiger partial charge is 0.492 e. The second kappa shape index (κ2) is 11.8. The number of hydrogen-bond acceptors (Lipinski definition) is 8. The lowest BCUT2D eigenvalue weighted by Gasteiger charge is -2.37. The second-order valence-electron chi connectivity index (χ2n) is 8.70. The van der Waals surface area contributed by atoms with Crippen LogP contribution in [0.25, 0.3) is 0 Å². The maximum Gasteiger partial charge on any atom is 0.134 e. The van der Waals surface area contributed by atoms with Crippen LogP contribution in [0.15, 0.2) is 46.2 Å². The highest BCUT2D eigenvalue weighted by molar-refractivity contribution is 8.00. The molecule has 0 radical (unpaired) electrons. The van der Waals surface area contributed by atoms with Gasteiger partial charge in [0, 0.05) is 36.1 Å². The molecule has 6 nitrogen and oxygen atoms in total. The van der Waals surface area contributed by atoms with Gasteiger partial charge in [-0.05, 0) is 91.8 Å². The Bertz CT molecular complexity index is 922. The van der Waals surface area contributed by atoms with Crippen LogP contribution < -0.4 is 14.9 Å². The Hall–Kier alpha value is -1.42. The van der Waals surface area contributed by atoms with Crippen LogP contribution in [-0.2, 0) is 17.6 Å². The van der Waals surface area contributed by atoms with E-state index in [9.17, 15) is 5.21 Å². The van der Waals surface area contributed by atoms with Gasteiger partial charge in [-0.15, -0.1) is 0 Å². The molecule has 8 heteroatoms. The molecule has 2 heterocycles. The summed E-state index contributed by atoms with van der Waals surface area (Å²) in [4.78, 5) is 1.91. The van der Waals surface area contributed by atoms with Gasteiger partial charge in [-0.3, -0.25) is 5.21 Å². The number of fused-ring (bicyclic) bond motifs is 1. The molecule has 33 heavy (non-hydrogen) atoms. The number of ether oxygens (including phenoxy) is 2. The van der Waals surface area contributed by atoms with Gasteiger partial charge in [0.1, 0.15) is 5.75 Å². The zero-order valence-electron chi connectivity index (χ0n) is 19.5. The van der Waals surface area contributed by atoms with E-state index >= 15 is 0 Å². The van der Waals surface area contributed by atoms with Crippen LogP contribution in [0.5, 0.6) is 5.75 Å². The van der Waals surface area contributed by atoms with Crippen molar-refractivity contribution in [2.24, 2.45) is 11.8 Å². The summed E-state index contributed by atoms with van der Waals surface area (Å²) in [6.45, 7) is 6.72. The monoisotopic (exact) mass is 489 g/mol. The average molecular weight is 490 g/mol. The molecule has 0 bridgehead atoms. The third-order valence-electron chi connectivity index (χ3n) is 6.47. The van der Waals surface area contributed by atoms with Crippen molar-refractivity contribution in [3.8, 4) is 5.75 Å². The lowest BCUT2D eigenvalue weighted by molar-refractivity contribution is 0.0161. The van der Waals surface area contributed by atoms with Crippen molar-refractivity contribution in [1.82, 2.24) is 4.58 Å². The number of anilines is 1. The van der Waals surface area contributed by atoms with Crippen molar-refractivity contribution in [2.75, 3.05) is 24.1 Å². The van der Waals surface area contributed by atoms with E-state index in [1.807, 2.05) is 6.07 Å². The van der Waals surface area contributed by atoms with Crippen molar-refractivity contribution >= 4 is 29.6 Å². The van der Waals surface area contributed by atoms with Crippen LogP contribution in [0.2, 0.25) is 0 Å². The molecule has 2 aromatic carbocycles. The van der Waals surface area contributed by atoms with Crippen LogP contribution in [0.3, 0.4) is 0 Å². The zero-order valence-corrected chi connectivity index (χ0v) is 21.2. The summed E-state index contributed by atoms with van der Waals surface area (Å²) in [6, 6.07) is 13.5. The quantitative estimate of drug-likeness (QED) is 0.258. The smallest absolute Gasteiger partial charge is 0.134 e. The molecule has 180 valence electrons. The average Bonchev–Trinajstić information content (AvgIpc) is 2.83. The number of nitrogens with two attached hydrogens (primary N) is 1. The van der Waals surface area contributed by atoms with Crippen molar-refractivity contribution in [2.45, 2.75) is 68.2 Å². The number of nitrogens with zero attached hydrogens (tertiary/aromatic N) is 2. The summed E-state index contributed by atoms with van der Waals surface area (Å²) >= 11 is 2.83. The molecule has 1 fully saturated rings. The fourth-order valence-corrected chi connectivity index (χ4v) is 6.35. The highest BCUT2D eigenvalue weighted by Crippen LogP contribution is 2.42. The minimum atomic E-state index is 0.486. The predicted octanol–water partition coefficient (Wildman–Crippen LogP) is 5.86. The summed E-state index contributed by atoms with van der Waals surface area (Å²) in [5.74, 6) is 6.81. The summed E-state index contributed by atoms with van der Waals surface area (Å²) in [7, 11) is 0. The van der Waals surface area contributed by atoms with E-state index in [-0.39, 0.29) is 0 Å². The lowest BCUT2D eigenvalue weighted by atomic mass is 9.94. The minimum Gasteiger partial charge on any atom is -0.492 e. The molecule has 4 rings (SSSR count). The van der Waals surface area contributed by atoms with E-state index in [0.29, 0.717) is 23.1 Å². The Labute approximate surface area is 206 Å². The number of hydrogen-bond donors (Lipinski definition) is 2. The van der Waals surface area contributed by atoms with Crippen molar-refractivity contribution in [3.05, 3.63) is 47.5 Å². The van der Waals surface area contributed by atoms with Gasteiger partial charge in [-0.2, -0.15) is 0 Å². The minimum absolute atomic E-state index is 0.486. The van der Waals surface area contributed by atoms with Crippen LogP contribution in [0, 0.1) is 5.92 Å². The fraction of sp³-hybridized carbons (Fsp3) is 0.520. The molecule has 1 saturated heterocycles. The first-order chi connectivity index (χ1) is 16.1. The van der Waals surface area contributed by atoms with Crippen LogP contribution >= 0.6 is 23.9 Å².